The Morgan fingerprint density at radius 2 is 2.00 bits per heavy atom. The number of thioether (sulfide) groups is 2. The second kappa shape index (κ2) is 15.1. The van der Waals surface area contributed by atoms with Crippen molar-refractivity contribution in [1.29, 1.82) is 0 Å². The number of likely N-dealkylation sites (N-methyl/N-ethyl adjacent to an activating group) is 1. The van der Waals surface area contributed by atoms with Crippen molar-refractivity contribution in [3.63, 3.8) is 0 Å². The second-order valence-electron chi connectivity index (χ2n) is 10.9. The molecule has 2 heterocycles. The maximum Gasteiger partial charge on any atom is 0.237 e. The normalized spacial score (nSPS) is 31.0. The van der Waals surface area contributed by atoms with E-state index in [-0.39, 0.29) is 17.2 Å². The number of rotatable bonds is 10. The molecule has 1 unspecified atom stereocenters. The Morgan fingerprint density at radius 3 is 2.67 bits per heavy atom. The van der Waals surface area contributed by atoms with Crippen LogP contribution in [0.3, 0.4) is 0 Å². The van der Waals surface area contributed by atoms with Gasteiger partial charge < -0.3 is 25.4 Å². The molecule has 2 aliphatic rings. The second-order valence-corrected chi connectivity index (χ2v) is 13.3. The molecule has 9 atom stereocenters. The van der Waals surface area contributed by atoms with Crippen molar-refractivity contribution in [2.24, 2.45) is 5.92 Å². The van der Waals surface area contributed by atoms with Crippen molar-refractivity contribution >= 4 is 29.4 Å². The molecular formula is C29H45N3O5S2. The molecule has 39 heavy (non-hydrogen) atoms. The number of nitrogens with zero attached hydrogens (tertiary/aromatic N) is 2. The highest BCUT2D eigenvalue weighted by Gasteiger charge is 2.48. The number of aliphatic hydroxyl groups is 3. The number of hydrogen-bond acceptors (Lipinski definition) is 9. The smallest absolute Gasteiger partial charge is 0.237 e. The Labute approximate surface area is 242 Å². The van der Waals surface area contributed by atoms with E-state index in [0.717, 1.165) is 36.3 Å². The lowest BCUT2D eigenvalue weighted by molar-refractivity contribution is -0.205. The minimum Gasteiger partial charge on any atom is -0.388 e. The van der Waals surface area contributed by atoms with Gasteiger partial charge >= 0.3 is 0 Å². The molecule has 0 aliphatic carbocycles. The van der Waals surface area contributed by atoms with Crippen LogP contribution in [-0.2, 0) is 9.53 Å². The first kappa shape index (κ1) is 32.2. The third kappa shape index (κ3) is 8.60. The number of carbonyl (C=O) groups excluding carboxylic acids is 1. The predicted molar refractivity (Wildman–Crippen MR) is 159 cm³/mol. The number of aliphatic hydroxyl groups excluding tert-OH is 3. The number of likely N-dealkylation sites (tertiary alicyclic amines) is 1. The van der Waals surface area contributed by atoms with Crippen molar-refractivity contribution in [2.75, 3.05) is 40.5 Å². The monoisotopic (exact) mass is 579 g/mol. The van der Waals surface area contributed by atoms with Gasteiger partial charge in [-0.2, -0.15) is 0 Å². The molecule has 0 bridgehead atoms. The molecule has 0 radical (unpaired) electrons. The van der Waals surface area contributed by atoms with Crippen LogP contribution in [0.1, 0.15) is 38.7 Å². The number of carbonyl (C=O) groups is 1. The van der Waals surface area contributed by atoms with Crippen LogP contribution in [-0.4, -0.2) is 119 Å². The van der Waals surface area contributed by atoms with Gasteiger partial charge in [-0.05, 0) is 64.4 Å². The average molecular weight is 580 g/mol. The topological polar surface area (TPSA) is 106 Å². The Kier molecular flexibility index (Phi) is 12.5. The first-order valence-electron chi connectivity index (χ1n) is 13.7. The molecule has 2 aliphatic heterocycles. The van der Waals surface area contributed by atoms with Crippen LogP contribution in [0.4, 0.5) is 0 Å². The molecule has 10 heteroatoms. The lowest BCUT2D eigenvalue weighted by Gasteiger charge is -2.44. The zero-order valence-electron chi connectivity index (χ0n) is 23.9. The van der Waals surface area contributed by atoms with Crippen molar-refractivity contribution < 1.29 is 24.9 Å². The third-order valence-corrected chi connectivity index (χ3v) is 9.47. The average Bonchev–Trinajstić information content (AvgIpc) is 3.26. The summed E-state index contributed by atoms with van der Waals surface area (Å²) in [7, 11) is 5.93. The summed E-state index contributed by atoms with van der Waals surface area (Å²) in [5.74, 6) is 6.72. The zero-order chi connectivity index (χ0) is 28.7. The van der Waals surface area contributed by atoms with E-state index in [1.54, 1.807) is 18.0 Å². The standard InChI is InChI=1S/C29H45N3O5S2/c1-7-10-20-16-22(32(5)17-20)28(36)30-23(27-25(34)24(33)26(35)29(37-27)38-6)18(2)39-21-13-8-11-19(15-21)12-9-14-31(3)4/h8,11,13,15,18,20,22-27,29,33-35H,7,10,14,16-17H2,1-6H3,(H,30,36)/t18-,20+,22-,23-,24-,25+,26+,27?,29+/m0/s1. The number of hydrogen-bond donors (Lipinski definition) is 4. The Hall–Kier alpha value is -1.29. The molecule has 3 rings (SSSR count). The van der Waals surface area contributed by atoms with E-state index < -0.39 is 35.9 Å². The molecule has 218 valence electrons. The third-order valence-electron chi connectivity index (χ3n) is 7.43. The fourth-order valence-corrected chi connectivity index (χ4v) is 7.19. The van der Waals surface area contributed by atoms with Crippen LogP contribution in [0.15, 0.2) is 29.2 Å². The van der Waals surface area contributed by atoms with Gasteiger partial charge in [0.25, 0.3) is 0 Å². The van der Waals surface area contributed by atoms with Crippen LogP contribution in [0.2, 0.25) is 0 Å². The highest BCUT2D eigenvalue weighted by atomic mass is 32.2. The van der Waals surface area contributed by atoms with E-state index in [1.165, 1.54) is 11.8 Å². The molecule has 4 N–H and O–H groups in total. The fraction of sp³-hybridized carbons (Fsp3) is 0.690. The molecule has 2 saturated heterocycles. The van der Waals surface area contributed by atoms with Crippen LogP contribution in [0, 0.1) is 17.8 Å². The van der Waals surface area contributed by atoms with Crippen molar-refractivity contribution in [1.82, 2.24) is 15.1 Å². The van der Waals surface area contributed by atoms with E-state index >= 15 is 0 Å². The first-order chi connectivity index (χ1) is 18.5. The Bertz CT molecular complexity index is 1000. The van der Waals surface area contributed by atoms with Crippen LogP contribution in [0.25, 0.3) is 0 Å². The molecule has 1 aromatic carbocycles. The van der Waals surface area contributed by atoms with Crippen LogP contribution < -0.4 is 5.32 Å². The minimum absolute atomic E-state index is 0.103. The lowest BCUT2D eigenvalue weighted by Crippen LogP contribution is -2.65. The number of ether oxygens (including phenoxy) is 1. The summed E-state index contributed by atoms with van der Waals surface area (Å²) in [5, 5.41) is 35.0. The SMILES string of the molecule is CCC[C@@H]1C[C@@H](C(=O)N[C@H](C2O[C@H](SC)[C@H](O)[C@@H](O)[C@H]2O)[C@H](C)Sc2cccc(C#CCN(C)C)c2)N(C)C1. The summed E-state index contributed by atoms with van der Waals surface area (Å²) in [6, 6.07) is 7.07. The Balaban J connectivity index is 1.84. The molecule has 1 amide bonds. The van der Waals surface area contributed by atoms with E-state index in [2.05, 4.69) is 29.0 Å². The first-order valence-corrected chi connectivity index (χ1v) is 15.9. The summed E-state index contributed by atoms with van der Waals surface area (Å²) >= 11 is 2.83. The summed E-state index contributed by atoms with van der Waals surface area (Å²) in [4.78, 5) is 18.7. The van der Waals surface area contributed by atoms with E-state index in [9.17, 15) is 20.1 Å². The largest absolute Gasteiger partial charge is 0.388 e. The van der Waals surface area contributed by atoms with E-state index in [1.807, 2.05) is 57.2 Å². The highest BCUT2D eigenvalue weighted by Crippen LogP contribution is 2.34. The van der Waals surface area contributed by atoms with E-state index in [4.69, 9.17) is 4.74 Å². The molecule has 8 nitrogen and oxygen atoms in total. The summed E-state index contributed by atoms with van der Waals surface area (Å²) in [6.07, 6.45) is -0.106. The summed E-state index contributed by atoms with van der Waals surface area (Å²) < 4.78 is 6.14. The summed E-state index contributed by atoms with van der Waals surface area (Å²) in [5.41, 5.74) is 0.183. The molecule has 0 aromatic heterocycles. The fourth-order valence-electron chi connectivity index (χ4n) is 5.36. The van der Waals surface area contributed by atoms with Gasteiger partial charge in [-0.3, -0.25) is 14.6 Å². The number of nitrogens with one attached hydrogen (secondary N) is 1. The Morgan fingerprint density at radius 1 is 1.26 bits per heavy atom. The summed E-state index contributed by atoms with van der Waals surface area (Å²) in [6.45, 7) is 5.69. The maximum atomic E-state index is 13.6. The molecule has 2 fully saturated rings. The quantitative estimate of drug-likeness (QED) is 0.244. The van der Waals surface area contributed by atoms with Gasteiger partial charge in [-0.25, -0.2) is 0 Å². The van der Waals surface area contributed by atoms with Crippen LogP contribution >= 0.6 is 23.5 Å². The molecule has 1 aromatic rings. The minimum atomic E-state index is -1.38. The van der Waals surface area contributed by atoms with Gasteiger partial charge in [-0.1, -0.05) is 38.2 Å². The highest BCUT2D eigenvalue weighted by molar-refractivity contribution is 8.00. The molecule has 0 saturated carbocycles. The maximum absolute atomic E-state index is 13.6. The van der Waals surface area contributed by atoms with Crippen molar-refractivity contribution in [3.05, 3.63) is 29.8 Å². The van der Waals surface area contributed by atoms with E-state index in [0.29, 0.717) is 12.5 Å². The van der Waals surface area contributed by atoms with Gasteiger partial charge in [0.1, 0.15) is 29.9 Å². The van der Waals surface area contributed by atoms with Gasteiger partial charge in [0.2, 0.25) is 5.91 Å². The van der Waals surface area contributed by atoms with Crippen molar-refractivity contribution in [2.45, 2.75) is 85.2 Å². The molecular weight excluding hydrogens is 534 g/mol. The van der Waals surface area contributed by atoms with Crippen molar-refractivity contribution in [3.8, 4) is 11.8 Å². The number of amides is 1. The van der Waals surface area contributed by atoms with Gasteiger partial charge in [0.15, 0.2) is 0 Å². The number of benzene rings is 1. The zero-order valence-corrected chi connectivity index (χ0v) is 25.5. The lowest BCUT2D eigenvalue weighted by atomic mass is 9.92. The van der Waals surface area contributed by atoms with Gasteiger partial charge in [-0.15, -0.1) is 23.5 Å². The molecule has 0 spiro atoms. The van der Waals surface area contributed by atoms with Gasteiger partial charge in [0.05, 0.1) is 18.6 Å². The van der Waals surface area contributed by atoms with Crippen LogP contribution in [0.5, 0.6) is 0 Å². The predicted octanol–water partition coefficient (Wildman–Crippen LogP) is 1.86. The van der Waals surface area contributed by atoms with Gasteiger partial charge in [0, 0.05) is 22.3 Å².